The van der Waals surface area contributed by atoms with E-state index >= 15 is 0 Å². The number of rotatable bonds is 18. The number of nitrogens with one attached hydrogen (secondary N) is 6. The molecule has 242 valence electrons. The van der Waals surface area contributed by atoms with E-state index in [0.717, 1.165) is 0 Å². The van der Waals surface area contributed by atoms with Gasteiger partial charge in [-0.3, -0.25) is 44.6 Å². The van der Waals surface area contributed by atoms with E-state index in [-0.39, 0.29) is 64.1 Å². The van der Waals surface area contributed by atoms with Crippen LogP contribution in [0.3, 0.4) is 0 Å². The van der Waals surface area contributed by atoms with E-state index in [0.29, 0.717) is 22.1 Å². The van der Waals surface area contributed by atoms with E-state index in [9.17, 15) is 44.3 Å². The molecule has 1 rings (SSSR count). The molecule has 6 amide bonds. The van der Waals surface area contributed by atoms with Gasteiger partial charge in [-0.1, -0.05) is 6.08 Å². The summed E-state index contributed by atoms with van der Waals surface area (Å²) < 4.78 is 0. The minimum atomic E-state index is -1.55. The van der Waals surface area contributed by atoms with Gasteiger partial charge in [-0.15, -0.1) is 0 Å². The third kappa shape index (κ3) is 13.0. The number of amides is 6. The average molecular weight is 614 g/mol. The average Bonchev–Trinajstić information content (AvgIpc) is 2.97. The van der Waals surface area contributed by atoms with Gasteiger partial charge in [-0.2, -0.15) is 0 Å². The zero-order chi connectivity index (χ0) is 32.5. The lowest BCUT2D eigenvalue weighted by Crippen LogP contribution is -2.59. The Morgan fingerprint density at radius 3 is 2.30 bits per heavy atom. The SMILES string of the molecule is C/C=C(/C)C(=O)NC(CCCN(O)C=O)C(=O)NC(CO)C(=O)NC(CCCNC(=N)N)C(=O)NC1CCCN(O)C1=O. The molecule has 18 nitrogen and oxygen atoms in total. The normalized spacial score (nSPS) is 17.1. The van der Waals surface area contributed by atoms with Crippen molar-refractivity contribution in [2.75, 3.05) is 26.2 Å². The molecule has 1 aliphatic rings. The molecule has 1 heterocycles. The number of guanidine groups is 1. The fraction of sp³-hybridized carbons (Fsp3) is 0.640. The van der Waals surface area contributed by atoms with Crippen LogP contribution in [0, 0.1) is 5.41 Å². The van der Waals surface area contributed by atoms with Crippen LogP contribution in [0.15, 0.2) is 11.6 Å². The molecule has 0 radical (unpaired) electrons. The highest BCUT2D eigenvalue weighted by Gasteiger charge is 2.33. The Morgan fingerprint density at radius 1 is 1.09 bits per heavy atom. The molecule has 11 N–H and O–H groups in total. The Hall–Kier alpha value is -4.29. The maximum absolute atomic E-state index is 13.1. The standard InChI is InChI=1S/C25H43N9O9/c1-3-15(2)20(37)29-17(8-5-11-33(42)14-36)22(39)32-19(13-35)23(40)30-16(7-4-10-28-25(26)27)21(38)31-18-9-6-12-34(43)24(18)41/h3,14,16-19,35,42-43H,4-13H2,1-2H3,(H,29,37)(H,30,40)(H,31,38)(H,32,39)(H4,26,27,28)/b15-3-. The van der Waals surface area contributed by atoms with Crippen LogP contribution in [0.4, 0.5) is 0 Å². The van der Waals surface area contributed by atoms with Crippen LogP contribution < -0.4 is 32.3 Å². The van der Waals surface area contributed by atoms with Crippen molar-refractivity contribution in [3.8, 4) is 0 Å². The highest BCUT2D eigenvalue weighted by molar-refractivity contribution is 5.98. The van der Waals surface area contributed by atoms with Crippen molar-refractivity contribution in [1.82, 2.24) is 36.7 Å². The molecule has 0 aromatic rings. The zero-order valence-electron chi connectivity index (χ0n) is 24.3. The van der Waals surface area contributed by atoms with Crippen LogP contribution in [0.25, 0.3) is 0 Å². The molecule has 0 spiro atoms. The second kappa shape index (κ2) is 19.0. The van der Waals surface area contributed by atoms with Gasteiger partial charge in [0.15, 0.2) is 5.96 Å². The fourth-order valence-corrected chi connectivity index (χ4v) is 3.98. The predicted octanol–water partition coefficient (Wildman–Crippen LogP) is -3.21. The molecular formula is C25H43N9O9. The van der Waals surface area contributed by atoms with Gasteiger partial charge in [-0.05, 0) is 52.4 Å². The first kappa shape index (κ1) is 36.7. The highest BCUT2D eigenvalue weighted by Crippen LogP contribution is 2.11. The number of aliphatic hydroxyl groups excluding tert-OH is 1. The summed E-state index contributed by atoms with van der Waals surface area (Å²) in [4.78, 5) is 74.5. The number of piperidine rings is 1. The molecule has 4 unspecified atom stereocenters. The van der Waals surface area contributed by atoms with E-state index in [1.807, 2.05) is 0 Å². The monoisotopic (exact) mass is 613 g/mol. The van der Waals surface area contributed by atoms with Crippen LogP contribution >= 0.6 is 0 Å². The largest absolute Gasteiger partial charge is 0.394 e. The Labute approximate surface area is 248 Å². The Kier molecular flexibility index (Phi) is 16.2. The molecule has 0 bridgehead atoms. The number of hydrogen-bond acceptors (Lipinski definition) is 10. The van der Waals surface area contributed by atoms with Crippen LogP contribution in [-0.4, -0.2) is 118 Å². The lowest BCUT2D eigenvalue weighted by atomic mass is 10.0. The summed E-state index contributed by atoms with van der Waals surface area (Å²) in [7, 11) is 0. The van der Waals surface area contributed by atoms with Crippen molar-refractivity contribution < 1.29 is 44.3 Å². The van der Waals surface area contributed by atoms with Gasteiger partial charge in [0.25, 0.3) is 5.91 Å². The summed E-state index contributed by atoms with van der Waals surface area (Å²) in [5.74, 6) is -4.10. The van der Waals surface area contributed by atoms with E-state index in [1.165, 1.54) is 13.0 Å². The third-order valence-corrected chi connectivity index (χ3v) is 6.58. The number of hydrogen-bond donors (Lipinski definition) is 10. The van der Waals surface area contributed by atoms with Crippen LogP contribution in [0.2, 0.25) is 0 Å². The van der Waals surface area contributed by atoms with Crippen molar-refractivity contribution in [1.29, 1.82) is 5.41 Å². The number of nitrogens with two attached hydrogens (primary N) is 1. The molecule has 43 heavy (non-hydrogen) atoms. The van der Waals surface area contributed by atoms with E-state index < -0.39 is 60.3 Å². The Balaban J connectivity index is 3.01. The third-order valence-electron chi connectivity index (χ3n) is 6.58. The number of aliphatic hydroxyl groups is 1. The molecule has 1 saturated heterocycles. The van der Waals surface area contributed by atoms with Crippen molar-refractivity contribution >= 4 is 41.9 Å². The fourth-order valence-electron chi connectivity index (χ4n) is 3.98. The summed E-state index contributed by atoms with van der Waals surface area (Å²) >= 11 is 0. The Bertz CT molecular complexity index is 1040. The minimum absolute atomic E-state index is 0.0173. The predicted molar refractivity (Wildman–Crippen MR) is 150 cm³/mol. The van der Waals surface area contributed by atoms with E-state index in [2.05, 4.69) is 26.6 Å². The molecular weight excluding hydrogens is 570 g/mol. The lowest BCUT2D eigenvalue weighted by molar-refractivity contribution is -0.173. The first-order valence-electron chi connectivity index (χ1n) is 13.8. The lowest BCUT2D eigenvalue weighted by Gasteiger charge is -2.30. The van der Waals surface area contributed by atoms with Crippen LogP contribution in [0.1, 0.15) is 52.4 Å². The first-order chi connectivity index (χ1) is 20.3. The number of carbonyl (C=O) groups excluding carboxylic acids is 6. The van der Waals surface area contributed by atoms with E-state index in [4.69, 9.17) is 11.1 Å². The van der Waals surface area contributed by atoms with E-state index in [1.54, 1.807) is 6.92 Å². The molecule has 1 aliphatic heterocycles. The molecule has 1 fully saturated rings. The smallest absolute Gasteiger partial charge is 0.268 e. The van der Waals surface area contributed by atoms with Crippen molar-refractivity contribution in [3.05, 3.63) is 11.6 Å². The summed E-state index contributed by atoms with van der Waals surface area (Å²) in [6.07, 6.45) is 2.73. The second-order valence-corrected chi connectivity index (χ2v) is 9.86. The van der Waals surface area contributed by atoms with Crippen molar-refractivity contribution in [3.63, 3.8) is 0 Å². The maximum atomic E-state index is 13.1. The molecule has 4 atom stereocenters. The van der Waals surface area contributed by atoms with Gasteiger partial charge in [0.2, 0.25) is 30.0 Å². The van der Waals surface area contributed by atoms with Crippen molar-refractivity contribution in [2.45, 2.75) is 76.5 Å². The summed E-state index contributed by atoms with van der Waals surface area (Å²) in [5.41, 5.74) is 5.57. The van der Waals surface area contributed by atoms with Gasteiger partial charge in [-0.25, -0.2) is 10.1 Å². The molecule has 0 aliphatic carbocycles. The van der Waals surface area contributed by atoms with Gasteiger partial charge in [0.1, 0.15) is 24.2 Å². The van der Waals surface area contributed by atoms with Crippen LogP contribution in [0.5, 0.6) is 0 Å². The number of carbonyl (C=O) groups is 6. The van der Waals surface area contributed by atoms with Crippen LogP contribution in [-0.2, 0) is 28.8 Å². The summed E-state index contributed by atoms with van der Waals surface area (Å²) in [5, 5.41) is 49.4. The summed E-state index contributed by atoms with van der Waals surface area (Å²) in [6, 6.07) is -5.01. The maximum Gasteiger partial charge on any atom is 0.268 e. The van der Waals surface area contributed by atoms with Gasteiger partial charge in [0.05, 0.1) is 6.61 Å². The van der Waals surface area contributed by atoms with Crippen molar-refractivity contribution in [2.24, 2.45) is 5.73 Å². The molecule has 0 saturated carbocycles. The molecule has 0 aromatic carbocycles. The van der Waals surface area contributed by atoms with Gasteiger partial charge < -0.3 is 37.4 Å². The van der Waals surface area contributed by atoms with Gasteiger partial charge in [0, 0.05) is 25.2 Å². The summed E-state index contributed by atoms with van der Waals surface area (Å²) in [6.45, 7) is 2.43. The first-order valence-corrected chi connectivity index (χ1v) is 13.8. The Morgan fingerprint density at radius 2 is 1.70 bits per heavy atom. The molecule has 18 heteroatoms. The highest BCUT2D eigenvalue weighted by atomic mass is 16.5. The number of nitrogens with zero attached hydrogens (tertiary/aromatic N) is 2. The topological polar surface area (TPSA) is 280 Å². The number of allylic oxidation sites excluding steroid dienone is 1. The minimum Gasteiger partial charge on any atom is -0.394 e. The zero-order valence-corrected chi connectivity index (χ0v) is 24.3. The second-order valence-electron chi connectivity index (χ2n) is 9.86. The molecule has 0 aromatic heterocycles. The van der Waals surface area contributed by atoms with Gasteiger partial charge >= 0.3 is 0 Å². The number of hydroxylamine groups is 4. The quantitative estimate of drug-likeness (QED) is 0.0140.